The first-order valence-electron chi connectivity index (χ1n) is 9.66. The molecule has 0 bridgehead atoms. The normalized spacial score (nSPS) is 30.2. The molecule has 0 unspecified atom stereocenters. The largest absolute Gasteiger partial charge is 0.457 e. The van der Waals surface area contributed by atoms with Crippen molar-refractivity contribution in [2.45, 2.75) is 69.4 Å². The van der Waals surface area contributed by atoms with E-state index in [1.165, 1.54) is 12.1 Å². The molecule has 2 fully saturated rings. The summed E-state index contributed by atoms with van der Waals surface area (Å²) in [5.74, 6) is -4.14. The van der Waals surface area contributed by atoms with Gasteiger partial charge in [-0.15, -0.1) is 0 Å². The van der Waals surface area contributed by atoms with Gasteiger partial charge in [-0.05, 0) is 32.9 Å². The monoisotopic (exact) mass is 458 g/mol. The van der Waals surface area contributed by atoms with Crippen LogP contribution < -0.4 is 0 Å². The van der Waals surface area contributed by atoms with Crippen LogP contribution in [0.4, 0.5) is 0 Å². The summed E-state index contributed by atoms with van der Waals surface area (Å²) in [6, 6.07) is 6.01. The Labute approximate surface area is 180 Å². The Kier molecular flexibility index (Phi) is 6.45. The van der Waals surface area contributed by atoms with E-state index < -0.39 is 51.9 Å². The van der Waals surface area contributed by atoms with E-state index in [0.717, 1.165) is 19.4 Å². The summed E-state index contributed by atoms with van der Waals surface area (Å²) in [6.45, 7) is 6.97. The summed E-state index contributed by atoms with van der Waals surface area (Å²) >= 11 is 0. The first kappa shape index (κ1) is 23.6. The van der Waals surface area contributed by atoms with Gasteiger partial charge in [-0.25, -0.2) is 0 Å². The lowest BCUT2D eigenvalue weighted by Crippen LogP contribution is -2.65. The third-order valence-electron chi connectivity index (χ3n) is 4.79. The lowest BCUT2D eigenvalue weighted by Gasteiger charge is -2.45. The van der Waals surface area contributed by atoms with E-state index in [1.54, 1.807) is 26.0 Å². The molecule has 2 heterocycles. The highest BCUT2D eigenvalue weighted by atomic mass is 32.2. The molecule has 2 aliphatic rings. The van der Waals surface area contributed by atoms with Crippen molar-refractivity contribution in [1.29, 1.82) is 0 Å². The van der Waals surface area contributed by atoms with Crippen molar-refractivity contribution in [1.82, 2.24) is 0 Å². The third-order valence-corrected chi connectivity index (χ3v) is 6.11. The molecule has 0 aromatic heterocycles. The number of rotatable bonds is 5. The Hall–Kier alpha value is -2.05. The fourth-order valence-corrected chi connectivity index (χ4v) is 4.57. The Morgan fingerprint density at radius 1 is 1.03 bits per heavy atom. The van der Waals surface area contributed by atoms with E-state index in [-0.39, 0.29) is 18.1 Å². The minimum absolute atomic E-state index is 0.106. The summed E-state index contributed by atoms with van der Waals surface area (Å²) in [7, 11) is -4.32. The minimum Gasteiger partial charge on any atom is -0.457 e. The fraction of sp³-hybridized carbons (Fsp3) is 0.600. The number of carbonyl (C=O) groups excluding carboxylic acids is 2. The number of benzene rings is 1. The summed E-state index contributed by atoms with van der Waals surface area (Å²) in [4.78, 5) is 23.4. The van der Waals surface area contributed by atoms with E-state index in [0.29, 0.717) is 0 Å². The second kappa shape index (κ2) is 8.47. The van der Waals surface area contributed by atoms with Crippen molar-refractivity contribution in [2.24, 2.45) is 0 Å². The Morgan fingerprint density at radius 3 is 2.16 bits per heavy atom. The van der Waals surface area contributed by atoms with E-state index in [4.69, 9.17) is 27.9 Å². The van der Waals surface area contributed by atoms with Crippen LogP contribution in [0.3, 0.4) is 0 Å². The molecule has 1 spiro atoms. The topological polar surface area (TPSA) is 124 Å². The van der Waals surface area contributed by atoms with Crippen molar-refractivity contribution in [3.05, 3.63) is 29.8 Å². The van der Waals surface area contributed by atoms with Crippen molar-refractivity contribution in [3.63, 3.8) is 0 Å². The number of aryl methyl sites for hydroxylation is 1. The molecule has 2 saturated heterocycles. The number of hydrogen-bond donors (Lipinski definition) is 0. The second-order valence-electron chi connectivity index (χ2n) is 7.92. The molecule has 0 saturated carbocycles. The lowest BCUT2D eigenvalue weighted by atomic mass is 9.97. The standard InChI is InChI=1S/C20H26O10S/c1-12-6-8-15(9-7-12)31(23,24)29-17-16(27-13(2)21)10-25-20(18(17)28-14(3)22)11-26-19(4,5)30-20/h6-9,16-18H,10-11H2,1-5H3/t16-,17-,18+,20+/m1/s1. The molecule has 1 aromatic carbocycles. The average molecular weight is 458 g/mol. The maximum Gasteiger partial charge on any atom is 0.303 e. The quantitative estimate of drug-likeness (QED) is 0.473. The smallest absolute Gasteiger partial charge is 0.303 e. The zero-order valence-electron chi connectivity index (χ0n) is 17.9. The van der Waals surface area contributed by atoms with E-state index >= 15 is 0 Å². The number of hydrogen-bond acceptors (Lipinski definition) is 10. The average Bonchev–Trinajstić information content (AvgIpc) is 2.96. The number of esters is 2. The van der Waals surface area contributed by atoms with Gasteiger partial charge < -0.3 is 23.7 Å². The van der Waals surface area contributed by atoms with Gasteiger partial charge in [0.15, 0.2) is 24.1 Å². The first-order valence-corrected chi connectivity index (χ1v) is 11.1. The van der Waals surface area contributed by atoms with Crippen molar-refractivity contribution >= 4 is 22.1 Å². The maximum absolute atomic E-state index is 13.0. The van der Waals surface area contributed by atoms with Gasteiger partial charge >= 0.3 is 11.9 Å². The highest BCUT2D eigenvalue weighted by Gasteiger charge is 2.62. The highest BCUT2D eigenvalue weighted by molar-refractivity contribution is 7.86. The predicted molar refractivity (Wildman–Crippen MR) is 104 cm³/mol. The van der Waals surface area contributed by atoms with Crippen LogP contribution in [0.25, 0.3) is 0 Å². The van der Waals surface area contributed by atoms with Gasteiger partial charge in [-0.2, -0.15) is 8.42 Å². The van der Waals surface area contributed by atoms with Crippen LogP contribution in [0, 0.1) is 6.92 Å². The van der Waals surface area contributed by atoms with Crippen molar-refractivity contribution in [3.8, 4) is 0 Å². The zero-order chi connectivity index (χ0) is 23.0. The Morgan fingerprint density at radius 2 is 1.65 bits per heavy atom. The van der Waals surface area contributed by atoms with Gasteiger partial charge in [0.05, 0.1) is 11.5 Å². The van der Waals surface area contributed by atoms with E-state index in [1.807, 2.05) is 6.92 Å². The molecule has 4 atom stereocenters. The Balaban J connectivity index is 2.01. The highest BCUT2D eigenvalue weighted by Crippen LogP contribution is 2.42. The Bertz CT molecular complexity index is 939. The van der Waals surface area contributed by atoms with E-state index in [9.17, 15) is 18.0 Å². The van der Waals surface area contributed by atoms with Crippen molar-refractivity contribution in [2.75, 3.05) is 13.2 Å². The van der Waals surface area contributed by atoms with Crippen LogP contribution >= 0.6 is 0 Å². The van der Waals surface area contributed by atoms with Gasteiger partial charge in [-0.3, -0.25) is 13.8 Å². The molecule has 172 valence electrons. The summed E-state index contributed by atoms with van der Waals surface area (Å²) < 4.78 is 59.3. The molecule has 0 aliphatic carbocycles. The molecule has 0 N–H and O–H groups in total. The third kappa shape index (κ3) is 5.24. The van der Waals surface area contributed by atoms with Gasteiger partial charge in [0.25, 0.3) is 10.1 Å². The minimum atomic E-state index is -4.32. The van der Waals surface area contributed by atoms with Gasteiger partial charge in [-0.1, -0.05) is 17.7 Å². The first-order chi connectivity index (χ1) is 14.3. The van der Waals surface area contributed by atoms with Gasteiger partial charge in [0.2, 0.25) is 5.79 Å². The molecule has 3 rings (SSSR count). The van der Waals surface area contributed by atoms with Gasteiger partial charge in [0, 0.05) is 13.8 Å². The molecule has 31 heavy (non-hydrogen) atoms. The van der Waals surface area contributed by atoms with Crippen molar-refractivity contribution < 1.29 is 45.9 Å². The molecule has 2 aliphatic heterocycles. The summed E-state index contributed by atoms with van der Waals surface area (Å²) in [5.41, 5.74) is 0.860. The predicted octanol–water partition coefficient (Wildman–Crippen LogP) is 1.44. The maximum atomic E-state index is 13.0. The molecule has 1 aromatic rings. The van der Waals surface area contributed by atoms with E-state index in [2.05, 4.69) is 0 Å². The molecular formula is C20H26O10S. The van der Waals surface area contributed by atoms with Gasteiger partial charge in [0.1, 0.15) is 6.61 Å². The number of carbonyl (C=O) groups is 2. The fourth-order valence-electron chi connectivity index (χ4n) is 3.48. The number of ether oxygens (including phenoxy) is 5. The van der Waals surface area contributed by atoms with Crippen LogP contribution in [0.1, 0.15) is 33.3 Å². The van der Waals surface area contributed by atoms with Crippen LogP contribution in [0.15, 0.2) is 29.2 Å². The van der Waals surface area contributed by atoms with Crippen LogP contribution in [0.2, 0.25) is 0 Å². The zero-order valence-corrected chi connectivity index (χ0v) is 18.8. The molecule has 0 amide bonds. The molecular weight excluding hydrogens is 432 g/mol. The molecule has 10 nitrogen and oxygen atoms in total. The lowest BCUT2D eigenvalue weighted by molar-refractivity contribution is -0.336. The SMILES string of the molecule is CC(=O)O[C@@H]1CO[C@]2(COC(C)(C)O2)[C@@H](OC(C)=O)[C@@H]1OS(=O)(=O)c1ccc(C)cc1. The summed E-state index contributed by atoms with van der Waals surface area (Å²) in [6.07, 6.45) is -4.02. The van der Waals surface area contributed by atoms with Crippen LogP contribution in [-0.2, 0) is 47.6 Å². The van der Waals surface area contributed by atoms with Crippen LogP contribution in [-0.4, -0.2) is 63.5 Å². The van der Waals surface area contributed by atoms with Crippen LogP contribution in [0.5, 0.6) is 0 Å². The second-order valence-corrected chi connectivity index (χ2v) is 9.49. The molecule has 11 heteroatoms. The molecule has 0 radical (unpaired) electrons. The summed E-state index contributed by atoms with van der Waals surface area (Å²) in [5, 5.41) is 0.